The van der Waals surface area contributed by atoms with Gasteiger partial charge < -0.3 is 34.6 Å². The Bertz CT molecular complexity index is 614. The van der Waals surface area contributed by atoms with Crippen LogP contribution in [0.4, 0.5) is 0 Å². The maximum Gasteiger partial charge on any atom is 0.308 e. The molecule has 1 rings (SSSR count). The van der Waals surface area contributed by atoms with E-state index in [4.69, 9.17) is 14.2 Å². The number of aliphatic hydroxyl groups is 3. The van der Waals surface area contributed by atoms with Crippen LogP contribution in [-0.4, -0.2) is 75.3 Å². The Labute approximate surface area is 222 Å². The number of carboxylic acids is 1. The molecular weight excluding hydrogens is 480 g/mol. The number of carboxylic acid groups (broad SMARTS) is 1. The number of esters is 1. The van der Waals surface area contributed by atoms with Gasteiger partial charge in [-0.25, -0.2) is 0 Å². The summed E-state index contributed by atoms with van der Waals surface area (Å²) in [5.41, 5.74) is 0. The largest absolute Gasteiger partial charge is 0.481 e. The van der Waals surface area contributed by atoms with Crippen molar-refractivity contribution in [3.05, 3.63) is 0 Å². The maximum absolute atomic E-state index is 12.8. The normalized spacial score (nSPS) is 25.5. The summed E-state index contributed by atoms with van der Waals surface area (Å²) in [7, 11) is 0. The minimum absolute atomic E-state index is 0.110. The van der Waals surface area contributed by atoms with Crippen molar-refractivity contribution in [2.45, 2.75) is 166 Å². The zero-order valence-electron chi connectivity index (χ0n) is 23.2. The van der Waals surface area contributed by atoms with Gasteiger partial charge in [0.2, 0.25) is 0 Å². The summed E-state index contributed by atoms with van der Waals surface area (Å²) in [5.74, 6) is -1.56. The second kappa shape index (κ2) is 19.8. The summed E-state index contributed by atoms with van der Waals surface area (Å²) in [6.45, 7) is 5.88. The van der Waals surface area contributed by atoms with E-state index in [0.29, 0.717) is 12.8 Å². The van der Waals surface area contributed by atoms with Crippen LogP contribution in [0.3, 0.4) is 0 Å². The predicted molar refractivity (Wildman–Crippen MR) is 140 cm³/mol. The predicted octanol–water partition coefficient (Wildman–Crippen LogP) is 4.48. The number of hydrogen-bond acceptors (Lipinski definition) is 8. The highest BCUT2D eigenvalue weighted by molar-refractivity contribution is 5.72. The highest BCUT2D eigenvalue weighted by Crippen LogP contribution is 2.25. The molecule has 1 aliphatic heterocycles. The lowest BCUT2D eigenvalue weighted by Gasteiger charge is -2.40. The smallest absolute Gasteiger partial charge is 0.308 e. The average Bonchev–Trinajstić information content (AvgIpc) is 2.84. The first kappa shape index (κ1) is 33.8. The van der Waals surface area contributed by atoms with Crippen molar-refractivity contribution < 1.29 is 44.2 Å². The molecule has 218 valence electrons. The quantitative estimate of drug-likeness (QED) is 0.124. The van der Waals surface area contributed by atoms with Crippen molar-refractivity contribution >= 4 is 11.9 Å². The molecule has 9 nitrogen and oxygen atoms in total. The molecule has 1 heterocycles. The summed E-state index contributed by atoms with van der Waals surface area (Å²) < 4.78 is 17.1. The SMILES string of the molecule is CCCCCCCCC(CC(=O)O)OC(=O)CC(CCCCCCCC)O[C@@H]1O[C@@H](C)[C@H](O)[C@@H](O)[C@H]1O. The van der Waals surface area contributed by atoms with Gasteiger partial charge in [-0.05, 0) is 26.2 Å². The molecule has 1 fully saturated rings. The van der Waals surface area contributed by atoms with Crippen molar-refractivity contribution in [2.24, 2.45) is 0 Å². The second-order valence-corrected chi connectivity index (χ2v) is 10.5. The molecule has 0 radical (unpaired) electrons. The molecule has 0 aliphatic carbocycles. The lowest BCUT2D eigenvalue weighted by atomic mass is 9.99. The number of aliphatic hydroxyl groups excluding tert-OH is 3. The van der Waals surface area contributed by atoms with E-state index < -0.39 is 54.9 Å². The first-order valence-electron chi connectivity index (χ1n) is 14.5. The molecular formula is C28H52O9. The lowest BCUT2D eigenvalue weighted by molar-refractivity contribution is -0.304. The van der Waals surface area contributed by atoms with Gasteiger partial charge in [0.15, 0.2) is 6.29 Å². The zero-order valence-corrected chi connectivity index (χ0v) is 23.2. The van der Waals surface area contributed by atoms with Crippen LogP contribution < -0.4 is 0 Å². The topological polar surface area (TPSA) is 143 Å². The minimum Gasteiger partial charge on any atom is -0.481 e. The van der Waals surface area contributed by atoms with Crippen molar-refractivity contribution in [1.82, 2.24) is 0 Å². The van der Waals surface area contributed by atoms with Gasteiger partial charge in [-0.2, -0.15) is 0 Å². The van der Waals surface area contributed by atoms with E-state index >= 15 is 0 Å². The molecule has 4 N–H and O–H groups in total. The standard InChI is InChI=1S/C28H52O9/c1-4-6-8-10-12-14-16-21(18-23(29)30)36-24(31)19-22(17-15-13-11-9-7-5-2)37-28-27(34)26(33)25(32)20(3)35-28/h20-22,25-28,32-34H,4-19H2,1-3H3,(H,29,30)/t20-,21?,22?,25-,26+,27+,28-/m0/s1. The van der Waals surface area contributed by atoms with Crippen LogP contribution in [-0.2, 0) is 23.8 Å². The van der Waals surface area contributed by atoms with Crippen LogP contribution in [0.5, 0.6) is 0 Å². The molecule has 0 aromatic heterocycles. The van der Waals surface area contributed by atoms with E-state index in [1.54, 1.807) is 6.92 Å². The maximum atomic E-state index is 12.8. The number of rotatable bonds is 21. The monoisotopic (exact) mass is 532 g/mol. The van der Waals surface area contributed by atoms with Crippen LogP contribution in [0, 0.1) is 0 Å². The molecule has 1 aliphatic rings. The fourth-order valence-corrected chi connectivity index (χ4v) is 4.66. The number of ether oxygens (including phenoxy) is 3. The van der Waals surface area contributed by atoms with Gasteiger partial charge in [0.1, 0.15) is 24.4 Å². The van der Waals surface area contributed by atoms with Crippen LogP contribution in [0.1, 0.15) is 124 Å². The van der Waals surface area contributed by atoms with Gasteiger partial charge in [0.05, 0.1) is 25.0 Å². The molecule has 0 bridgehead atoms. The third kappa shape index (κ3) is 14.5. The van der Waals surface area contributed by atoms with Gasteiger partial charge in [-0.1, -0.05) is 84.5 Å². The van der Waals surface area contributed by atoms with Crippen molar-refractivity contribution in [3.8, 4) is 0 Å². The van der Waals surface area contributed by atoms with Gasteiger partial charge in [0.25, 0.3) is 0 Å². The van der Waals surface area contributed by atoms with E-state index in [0.717, 1.165) is 64.2 Å². The zero-order chi connectivity index (χ0) is 27.6. The first-order valence-corrected chi connectivity index (χ1v) is 14.5. The number of aliphatic carboxylic acids is 1. The fraction of sp³-hybridized carbons (Fsp3) is 0.929. The molecule has 9 heteroatoms. The molecule has 0 spiro atoms. The lowest BCUT2D eigenvalue weighted by Crippen LogP contribution is -2.58. The molecule has 0 saturated carbocycles. The van der Waals surface area contributed by atoms with Crippen LogP contribution in [0.2, 0.25) is 0 Å². The minimum atomic E-state index is -1.46. The Kier molecular flexibility index (Phi) is 18.0. The van der Waals surface area contributed by atoms with Crippen LogP contribution in [0.25, 0.3) is 0 Å². The molecule has 2 unspecified atom stereocenters. The van der Waals surface area contributed by atoms with E-state index in [9.17, 15) is 30.0 Å². The van der Waals surface area contributed by atoms with Crippen LogP contribution in [0.15, 0.2) is 0 Å². The summed E-state index contributed by atoms with van der Waals surface area (Å²) >= 11 is 0. The molecule has 1 saturated heterocycles. The molecule has 0 aromatic carbocycles. The van der Waals surface area contributed by atoms with E-state index in [1.807, 2.05) is 0 Å². The van der Waals surface area contributed by atoms with Crippen LogP contribution >= 0.6 is 0 Å². The number of carbonyl (C=O) groups excluding carboxylic acids is 1. The van der Waals surface area contributed by atoms with Crippen molar-refractivity contribution in [2.75, 3.05) is 0 Å². The summed E-state index contributed by atoms with van der Waals surface area (Å²) in [5, 5.41) is 39.7. The third-order valence-corrected chi connectivity index (χ3v) is 6.99. The Hall–Kier alpha value is -1.26. The third-order valence-electron chi connectivity index (χ3n) is 6.99. The van der Waals surface area contributed by atoms with E-state index in [-0.39, 0.29) is 12.8 Å². The Morgan fingerprint density at radius 2 is 1.24 bits per heavy atom. The first-order chi connectivity index (χ1) is 17.7. The van der Waals surface area contributed by atoms with Gasteiger partial charge >= 0.3 is 11.9 Å². The van der Waals surface area contributed by atoms with E-state index in [2.05, 4.69) is 13.8 Å². The van der Waals surface area contributed by atoms with Gasteiger partial charge in [-0.15, -0.1) is 0 Å². The fourth-order valence-electron chi connectivity index (χ4n) is 4.66. The summed E-state index contributed by atoms with van der Waals surface area (Å²) in [6, 6.07) is 0. The molecule has 0 aromatic rings. The summed E-state index contributed by atoms with van der Waals surface area (Å²) in [6.07, 6.45) is 5.96. The number of carbonyl (C=O) groups is 2. The highest BCUT2D eigenvalue weighted by Gasteiger charge is 2.43. The molecule has 37 heavy (non-hydrogen) atoms. The van der Waals surface area contributed by atoms with Gasteiger partial charge in [0, 0.05) is 0 Å². The van der Waals surface area contributed by atoms with Gasteiger partial charge in [-0.3, -0.25) is 9.59 Å². The van der Waals surface area contributed by atoms with E-state index in [1.165, 1.54) is 12.8 Å². The Morgan fingerprint density at radius 3 is 1.78 bits per heavy atom. The Balaban J connectivity index is 2.70. The molecule has 0 amide bonds. The average molecular weight is 533 g/mol. The second-order valence-electron chi connectivity index (χ2n) is 10.5. The summed E-state index contributed by atoms with van der Waals surface area (Å²) in [4.78, 5) is 24.1. The van der Waals surface area contributed by atoms with Crippen molar-refractivity contribution in [1.29, 1.82) is 0 Å². The number of hydrogen-bond donors (Lipinski definition) is 4. The Morgan fingerprint density at radius 1 is 0.730 bits per heavy atom. The molecule has 7 atom stereocenters. The highest BCUT2D eigenvalue weighted by atomic mass is 16.7. The van der Waals surface area contributed by atoms with Crippen molar-refractivity contribution in [3.63, 3.8) is 0 Å². The number of unbranched alkanes of at least 4 members (excludes halogenated alkanes) is 10.